The average molecular weight is 246 g/mol. The summed E-state index contributed by atoms with van der Waals surface area (Å²) in [6.45, 7) is 2.02. The predicted octanol–water partition coefficient (Wildman–Crippen LogP) is 3.93. The molecule has 0 aliphatic rings. The Balaban J connectivity index is 2.92. The highest BCUT2D eigenvalue weighted by Crippen LogP contribution is 2.28. The molecular formula is C10H9Cl2NS. The van der Waals surface area contributed by atoms with E-state index in [2.05, 4.69) is 6.07 Å². The maximum atomic E-state index is 8.87. The largest absolute Gasteiger partial charge is 0.192 e. The fraction of sp³-hybridized carbons (Fsp3) is 0.300. The van der Waals surface area contributed by atoms with Crippen molar-refractivity contribution in [1.29, 1.82) is 5.26 Å². The highest BCUT2D eigenvalue weighted by Gasteiger charge is 2.07. The SMILES string of the molecule is CC(CCl)Sc1ccc(Cl)cc1C#N. The number of benzene rings is 1. The molecule has 0 radical (unpaired) electrons. The standard InChI is InChI=1S/C10H9Cl2NS/c1-7(5-11)14-10-3-2-9(12)4-8(10)6-13/h2-4,7H,5H2,1H3. The summed E-state index contributed by atoms with van der Waals surface area (Å²) in [7, 11) is 0. The highest BCUT2D eigenvalue weighted by molar-refractivity contribution is 8.00. The third-order valence-electron chi connectivity index (χ3n) is 1.61. The number of alkyl halides is 1. The summed E-state index contributed by atoms with van der Waals surface area (Å²) < 4.78 is 0. The summed E-state index contributed by atoms with van der Waals surface area (Å²) in [6.07, 6.45) is 0. The van der Waals surface area contributed by atoms with E-state index in [0.29, 0.717) is 21.7 Å². The number of hydrogen-bond acceptors (Lipinski definition) is 2. The first-order valence-electron chi connectivity index (χ1n) is 4.09. The van der Waals surface area contributed by atoms with Gasteiger partial charge in [0.2, 0.25) is 0 Å². The zero-order valence-electron chi connectivity index (χ0n) is 7.63. The molecular weight excluding hydrogens is 237 g/mol. The molecule has 4 heteroatoms. The van der Waals surface area contributed by atoms with Crippen molar-refractivity contribution in [2.45, 2.75) is 17.1 Å². The maximum Gasteiger partial charge on any atom is 0.100 e. The van der Waals surface area contributed by atoms with Gasteiger partial charge in [0.15, 0.2) is 0 Å². The van der Waals surface area contributed by atoms with Gasteiger partial charge in [0.05, 0.1) is 5.56 Å². The van der Waals surface area contributed by atoms with Crippen molar-refractivity contribution in [3.63, 3.8) is 0 Å². The molecule has 0 aliphatic carbocycles. The van der Waals surface area contributed by atoms with Gasteiger partial charge in [0, 0.05) is 21.0 Å². The minimum Gasteiger partial charge on any atom is -0.192 e. The molecule has 0 aliphatic heterocycles. The van der Waals surface area contributed by atoms with Gasteiger partial charge in [-0.05, 0) is 18.2 Å². The molecule has 0 aromatic heterocycles. The van der Waals surface area contributed by atoms with Gasteiger partial charge in [-0.2, -0.15) is 5.26 Å². The van der Waals surface area contributed by atoms with E-state index in [1.807, 2.05) is 13.0 Å². The van der Waals surface area contributed by atoms with Gasteiger partial charge in [-0.25, -0.2) is 0 Å². The molecule has 1 unspecified atom stereocenters. The zero-order chi connectivity index (χ0) is 10.6. The molecule has 0 spiro atoms. The molecule has 14 heavy (non-hydrogen) atoms. The first-order valence-corrected chi connectivity index (χ1v) is 5.89. The Hall–Kier alpha value is -0.360. The molecule has 74 valence electrons. The molecule has 1 nitrogen and oxygen atoms in total. The van der Waals surface area contributed by atoms with Gasteiger partial charge in [0.25, 0.3) is 0 Å². The molecule has 0 bridgehead atoms. The predicted molar refractivity (Wildman–Crippen MR) is 62.2 cm³/mol. The van der Waals surface area contributed by atoms with Crippen LogP contribution in [-0.2, 0) is 0 Å². The fourth-order valence-corrected chi connectivity index (χ4v) is 2.18. The van der Waals surface area contributed by atoms with Crippen LogP contribution in [0.3, 0.4) is 0 Å². The lowest BCUT2D eigenvalue weighted by atomic mass is 10.2. The highest BCUT2D eigenvalue weighted by atomic mass is 35.5. The third-order valence-corrected chi connectivity index (χ3v) is 3.67. The van der Waals surface area contributed by atoms with Crippen LogP contribution in [0.1, 0.15) is 12.5 Å². The third kappa shape index (κ3) is 3.09. The Kier molecular flexibility index (Phi) is 4.60. The number of rotatable bonds is 3. The molecule has 0 saturated heterocycles. The van der Waals surface area contributed by atoms with Crippen LogP contribution in [0, 0.1) is 11.3 Å². The Bertz CT molecular complexity index is 360. The van der Waals surface area contributed by atoms with Gasteiger partial charge >= 0.3 is 0 Å². The normalized spacial score (nSPS) is 12.1. The average Bonchev–Trinajstić information content (AvgIpc) is 2.20. The Morgan fingerprint density at radius 1 is 1.57 bits per heavy atom. The lowest BCUT2D eigenvalue weighted by Crippen LogP contribution is -1.97. The van der Waals surface area contributed by atoms with Crippen molar-refractivity contribution < 1.29 is 0 Å². The Morgan fingerprint density at radius 2 is 2.29 bits per heavy atom. The Morgan fingerprint density at radius 3 is 2.86 bits per heavy atom. The van der Waals surface area contributed by atoms with Crippen LogP contribution in [0.15, 0.2) is 23.1 Å². The Labute approximate surface area is 98.0 Å². The van der Waals surface area contributed by atoms with E-state index in [9.17, 15) is 0 Å². The van der Waals surface area contributed by atoms with Crippen LogP contribution < -0.4 is 0 Å². The molecule has 1 atom stereocenters. The molecule has 1 aromatic rings. The topological polar surface area (TPSA) is 23.8 Å². The fourth-order valence-electron chi connectivity index (χ4n) is 0.941. The number of hydrogen-bond donors (Lipinski definition) is 0. The van der Waals surface area contributed by atoms with Crippen molar-refractivity contribution in [2.24, 2.45) is 0 Å². The summed E-state index contributed by atoms with van der Waals surface area (Å²) in [4.78, 5) is 0.935. The van der Waals surface area contributed by atoms with Crippen molar-refractivity contribution in [3.05, 3.63) is 28.8 Å². The van der Waals surface area contributed by atoms with Gasteiger partial charge in [0.1, 0.15) is 6.07 Å². The molecule has 1 rings (SSSR count). The van der Waals surface area contributed by atoms with E-state index in [0.717, 1.165) is 4.90 Å². The van der Waals surface area contributed by atoms with E-state index in [-0.39, 0.29) is 0 Å². The van der Waals surface area contributed by atoms with E-state index >= 15 is 0 Å². The summed E-state index contributed by atoms with van der Waals surface area (Å²) in [5.74, 6) is 0.568. The summed E-state index contributed by atoms with van der Waals surface area (Å²) in [5.41, 5.74) is 0.611. The molecule has 0 heterocycles. The van der Waals surface area contributed by atoms with Crippen LogP contribution in [0.5, 0.6) is 0 Å². The monoisotopic (exact) mass is 245 g/mol. The van der Waals surface area contributed by atoms with Crippen LogP contribution in [0.25, 0.3) is 0 Å². The summed E-state index contributed by atoms with van der Waals surface area (Å²) >= 11 is 13.1. The second-order valence-corrected chi connectivity index (χ2v) is 5.06. The first kappa shape index (κ1) is 11.7. The van der Waals surface area contributed by atoms with Crippen LogP contribution in [-0.4, -0.2) is 11.1 Å². The van der Waals surface area contributed by atoms with Crippen molar-refractivity contribution in [2.75, 3.05) is 5.88 Å². The lowest BCUT2D eigenvalue weighted by molar-refractivity contribution is 1.12. The van der Waals surface area contributed by atoms with Gasteiger partial charge in [-0.15, -0.1) is 23.4 Å². The molecule has 0 N–H and O–H groups in total. The van der Waals surface area contributed by atoms with Gasteiger partial charge in [-0.1, -0.05) is 18.5 Å². The second kappa shape index (κ2) is 5.50. The van der Waals surface area contributed by atoms with Crippen molar-refractivity contribution in [1.82, 2.24) is 0 Å². The minimum atomic E-state index is 0.296. The van der Waals surface area contributed by atoms with Gasteiger partial charge in [-0.3, -0.25) is 0 Å². The lowest BCUT2D eigenvalue weighted by Gasteiger charge is -2.08. The second-order valence-electron chi connectivity index (χ2n) is 2.84. The minimum absolute atomic E-state index is 0.296. The number of nitrogens with zero attached hydrogens (tertiary/aromatic N) is 1. The zero-order valence-corrected chi connectivity index (χ0v) is 9.96. The maximum absolute atomic E-state index is 8.87. The molecule has 0 amide bonds. The molecule has 1 aromatic carbocycles. The smallest absolute Gasteiger partial charge is 0.100 e. The van der Waals surface area contributed by atoms with E-state index in [1.54, 1.807) is 23.9 Å². The number of nitriles is 1. The van der Waals surface area contributed by atoms with Crippen LogP contribution in [0.4, 0.5) is 0 Å². The summed E-state index contributed by atoms with van der Waals surface area (Å²) in [5, 5.41) is 9.76. The van der Waals surface area contributed by atoms with Crippen molar-refractivity contribution >= 4 is 35.0 Å². The quantitative estimate of drug-likeness (QED) is 0.596. The van der Waals surface area contributed by atoms with Crippen LogP contribution in [0.2, 0.25) is 5.02 Å². The number of halogens is 2. The molecule has 0 saturated carbocycles. The molecule has 0 fully saturated rings. The number of thioether (sulfide) groups is 1. The van der Waals surface area contributed by atoms with E-state index in [1.165, 1.54) is 0 Å². The van der Waals surface area contributed by atoms with E-state index in [4.69, 9.17) is 28.5 Å². The van der Waals surface area contributed by atoms with Gasteiger partial charge < -0.3 is 0 Å². The van der Waals surface area contributed by atoms with E-state index < -0.39 is 0 Å². The van der Waals surface area contributed by atoms with Crippen LogP contribution >= 0.6 is 35.0 Å². The first-order chi connectivity index (χ1) is 6.67. The summed E-state index contributed by atoms with van der Waals surface area (Å²) in [6, 6.07) is 7.43. The van der Waals surface area contributed by atoms with Crippen molar-refractivity contribution in [3.8, 4) is 6.07 Å².